The molecule has 1 N–H and O–H groups in total. The lowest BCUT2D eigenvalue weighted by Crippen LogP contribution is -2.40. The molecule has 0 amide bonds. The monoisotopic (exact) mass is 442 g/mol. The molecule has 0 bridgehead atoms. The molecule has 7 nitrogen and oxygen atoms in total. The average Bonchev–Trinajstić information content (AvgIpc) is 3.24. The first kappa shape index (κ1) is 21.5. The zero-order valence-corrected chi connectivity index (χ0v) is 19.5. The Balaban J connectivity index is 1.63. The fourth-order valence-corrected chi connectivity index (χ4v) is 4.95. The molecule has 0 saturated carbocycles. The van der Waals surface area contributed by atoms with E-state index in [2.05, 4.69) is 57.5 Å². The third-order valence-electron chi connectivity index (χ3n) is 6.80. The van der Waals surface area contributed by atoms with Crippen molar-refractivity contribution in [3.05, 3.63) is 87.0 Å². The minimum absolute atomic E-state index is 0.0783. The van der Waals surface area contributed by atoms with Crippen LogP contribution in [-0.4, -0.2) is 43.2 Å². The lowest BCUT2D eigenvalue weighted by atomic mass is 9.94. The number of pyridine rings is 1. The maximum Gasteiger partial charge on any atom is 0.253 e. The predicted molar refractivity (Wildman–Crippen MR) is 129 cm³/mol. The van der Waals surface area contributed by atoms with E-state index in [0.717, 1.165) is 53.5 Å². The number of H-pyrrole nitrogens is 1. The molecule has 0 spiro atoms. The Labute approximate surface area is 193 Å². The zero-order chi connectivity index (χ0) is 22.9. The lowest BCUT2D eigenvalue weighted by Gasteiger charge is -2.36. The van der Waals surface area contributed by atoms with E-state index in [9.17, 15) is 4.79 Å². The number of rotatable bonds is 5. The molecule has 3 heterocycles. The molecule has 0 radical (unpaired) electrons. The van der Waals surface area contributed by atoms with Gasteiger partial charge in [-0.25, -0.2) is 4.68 Å². The largest absolute Gasteiger partial charge is 0.322 e. The van der Waals surface area contributed by atoms with Crippen molar-refractivity contribution in [3.8, 4) is 0 Å². The van der Waals surface area contributed by atoms with Crippen LogP contribution in [0.1, 0.15) is 53.9 Å². The number of tetrazole rings is 1. The Hall–Kier alpha value is -3.32. The van der Waals surface area contributed by atoms with Gasteiger partial charge in [-0.1, -0.05) is 43.3 Å². The van der Waals surface area contributed by atoms with E-state index in [-0.39, 0.29) is 11.6 Å². The normalized spacial score (nSPS) is 16.3. The summed E-state index contributed by atoms with van der Waals surface area (Å²) in [6.45, 7) is 8.82. The van der Waals surface area contributed by atoms with Gasteiger partial charge in [0.15, 0.2) is 5.82 Å². The smallest absolute Gasteiger partial charge is 0.253 e. The number of nitrogens with one attached hydrogen (secondary N) is 1. The number of aromatic nitrogens is 5. The Morgan fingerprint density at radius 3 is 2.61 bits per heavy atom. The number of aryl methyl sites for hydroxylation is 2. The number of hydrogen-bond donors (Lipinski definition) is 1. The molecule has 2 aromatic heterocycles. The summed E-state index contributed by atoms with van der Waals surface area (Å²) in [6, 6.07) is 16.1. The van der Waals surface area contributed by atoms with Crippen molar-refractivity contribution in [1.29, 1.82) is 0 Å². The predicted octanol–water partition coefficient (Wildman–Crippen LogP) is 4.00. The highest BCUT2D eigenvalue weighted by Gasteiger charge is 2.32. The van der Waals surface area contributed by atoms with E-state index in [1.165, 1.54) is 0 Å². The first-order chi connectivity index (χ1) is 16.0. The average molecular weight is 443 g/mol. The number of likely N-dealkylation sites (tertiary alicyclic amines) is 1. The quantitative estimate of drug-likeness (QED) is 0.505. The zero-order valence-electron chi connectivity index (χ0n) is 19.5. The van der Waals surface area contributed by atoms with E-state index in [1.807, 2.05) is 41.9 Å². The summed E-state index contributed by atoms with van der Waals surface area (Å²) in [5.41, 5.74) is 4.90. The molecule has 170 valence electrons. The SMILES string of the molecule is Cc1cc(C)c2cc([C@H](c3nnnn3Cc3ccccc3)N3CCC(C)CC3)c(=O)[nH]c2c1. The summed E-state index contributed by atoms with van der Waals surface area (Å²) in [5, 5.41) is 13.8. The van der Waals surface area contributed by atoms with Crippen molar-refractivity contribution in [1.82, 2.24) is 30.1 Å². The van der Waals surface area contributed by atoms with Crippen LogP contribution in [0.2, 0.25) is 0 Å². The fraction of sp³-hybridized carbons (Fsp3) is 0.385. The summed E-state index contributed by atoms with van der Waals surface area (Å²) in [6.07, 6.45) is 2.20. The van der Waals surface area contributed by atoms with Gasteiger partial charge in [-0.2, -0.15) is 0 Å². The van der Waals surface area contributed by atoms with Crippen LogP contribution in [0.3, 0.4) is 0 Å². The maximum absolute atomic E-state index is 13.4. The first-order valence-electron chi connectivity index (χ1n) is 11.7. The number of benzene rings is 2. The van der Waals surface area contributed by atoms with E-state index >= 15 is 0 Å². The van der Waals surface area contributed by atoms with E-state index in [0.29, 0.717) is 23.9 Å². The van der Waals surface area contributed by atoms with E-state index in [1.54, 1.807) is 0 Å². The highest BCUT2D eigenvalue weighted by atomic mass is 16.1. The van der Waals surface area contributed by atoms with Crippen LogP contribution in [-0.2, 0) is 6.54 Å². The highest BCUT2D eigenvalue weighted by Crippen LogP contribution is 2.31. The van der Waals surface area contributed by atoms with Gasteiger partial charge in [0.05, 0.1) is 6.54 Å². The molecule has 1 aliphatic rings. The molecule has 4 aromatic rings. The molecule has 33 heavy (non-hydrogen) atoms. The Morgan fingerprint density at radius 1 is 1.09 bits per heavy atom. The number of piperidine rings is 1. The van der Waals surface area contributed by atoms with Crippen molar-refractivity contribution in [2.24, 2.45) is 5.92 Å². The molecule has 5 rings (SSSR count). The molecule has 1 aliphatic heterocycles. The number of hydrogen-bond acceptors (Lipinski definition) is 5. The topological polar surface area (TPSA) is 79.7 Å². The Bertz CT molecular complexity index is 1320. The Kier molecular flexibility index (Phi) is 5.81. The minimum Gasteiger partial charge on any atom is -0.322 e. The molecular weight excluding hydrogens is 412 g/mol. The second kappa shape index (κ2) is 8.90. The van der Waals surface area contributed by atoms with Gasteiger partial charge in [-0.05, 0) is 84.9 Å². The minimum atomic E-state index is -0.301. The summed E-state index contributed by atoms with van der Waals surface area (Å²) in [7, 11) is 0. The van der Waals surface area contributed by atoms with Gasteiger partial charge in [0, 0.05) is 16.5 Å². The van der Waals surface area contributed by atoms with Crippen molar-refractivity contribution in [3.63, 3.8) is 0 Å². The second-order valence-electron chi connectivity index (χ2n) is 9.40. The van der Waals surface area contributed by atoms with Crippen LogP contribution in [0.4, 0.5) is 0 Å². The second-order valence-corrected chi connectivity index (χ2v) is 9.40. The van der Waals surface area contributed by atoms with Crippen LogP contribution in [0, 0.1) is 19.8 Å². The standard InChI is InChI=1S/C26H30N6O/c1-17-9-11-31(12-10-17)24(25-28-29-30-32(25)16-20-7-5-4-6-8-20)22-15-21-19(3)13-18(2)14-23(21)27-26(22)33/h4-8,13-15,17,24H,9-12,16H2,1-3H3,(H,27,33)/t24-/m1/s1. The van der Waals surface area contributed by atoms with Crippen molar-refractivity contribution >= 4 is 10.9 Å². The van der Waals surface area contributed by atoms with Crippen molar-refractivity contribution in [2.75, 3.05) is 13.1 Å². The first-order valence-corrected chi connectivity index (χ1v) is 11.7. The molecule has 1 saturated heterocycles. The van der Waals surface area contributed by atoms with Gasteiger partial charge in [-0.15, -0.1) is 5.10 Å². The highest BCUT2D eigenvalue weighted by molar-refractivity contribution is 5.83. The van der Waals surface area contributed by atoms with E-state index in [4.69, 9.17) is 0 Å². The summed E-state index contributed by atoms with van der Waals surface area (Å²) in [5.74, 6) is 1.39. The molecule has 2 aromatic carbocycles. The van der Waals surface area contributed by atoms with Crippen LogP contribution >= 0.6 is 0 Å². The molecular formula is C26H30N6O. The van der Waals surface area contributed by atoms with Crippen LogP contribution in [0.5, 0.6) is 0 Å². The number of nitrogens with zero attached hydrogens (tertiary/aromatic N) is 5. The third kappa shape index (κ3) is 4.33. The molecule has 0 aliphatic carbocycles. The lowest BCUT2D eigenvalue weighted by molar-refractivity contribution is 0.149. The van der Waals surface area contributed by atoms with Crippen molar-refractivity contribution in [2.45, 2.75) is 46.2 Å². The fourth-order valence-electron chi connectivity index (χ4n) is 4.95. The Morgan fingerprint density at radius 2 is 1.85 bits per heavy atom. The van der Waals surface area contributed by atoms with Crippen molar-refractivity contribution < 1.29 is 0 Å². The van der Waals surface area contributed by atoms with Gasteiger partial charge in [0.2, 0.25) is 0 Å². The number of fused-ring (bicyclic) bond motifs is 1. The van der Waals surface area contributed by atoms with Gasteiger partial charge in [0.1, 0.15) is 6.04 Å². The van der Waals surface area contributed by atoms with E-state index < -0.39 is 0 Å². The summed E-state index contributed by atoms with van der Waals surface area (Å²) in [4.78, 5) is 18.9. The van der Waals surface area contributed by atoms with Crippen LogP contribution in [0.25, 0.3) is 10.9 Å². The van der Waals surface area contributed by atoms with Crippen LogP contribution in [0.15, 0.2) is 53.3 Å². The summed E-state index contributed by atoms with van der Waals surface area (Å²) >= 11 is 0. The third-order valence-corrected chi connectivity index (χ3v) is 6.80. The van der Waals surface area contributed by atoms with Gasteiger partial charge >= 0.3 is 0 Å². The number of aromatic amines is 1. The summed E-state index contributed by atoms with van der Waals surface area (Å²) < 4.78 is 1.84. The van der Waals surface area contributed by atoms with Crippen LogP contribution < -0.4 is 5.56 Å². The molecule has 1 fully saturated rings. The molecule has 0 unspecified atom stereocenters. The molecule has 1 atom stereocenters. The van der Waals surface area contributed by atoms with Gasteiger partial charge in [-0.3, -0.25) is 9.69 Å². The van der Waals surface area contributed by atoms with Gasteiger partial charge in [0.25, 0.3) is 5.56 Å². The molecule has 7 heteroatoms. The van der Waals surface area contributed by atoms with Gasteiger partial charge < -0.3 is 4.98 Å². The maximum atomic E-state index is 13.4.